The number of rotatable bonds is 0. The lowest BCUT2D eigenvalue weighted by Gasteiger charge is -2.07. The molecule has 2 aliphatic rings. The largest absolute Gasteiger partial charge is 0.352 e. The number of Topliss-reactive ketones (excluding diaryl/α,β-unsaturated/α-hetero) is 2. The van der Waals surface area contributed by atoms with Gasteiger partial charge < -0.3 is 4.74 Å². The second kappa shape index (κ2) is 2.03. The summed E-state index contributed by atoms with van der Waals surface area (Å²) in [6, 6.07) is 3.26. The van der Waals surface area contributed by atoms with Crippen LogP contribution in [0.2, 0.25) is 0 Å². The topological polar surface area (TPSA) is 59.6 Å². The highest BCUT2D eigenvalue weighted by Crippen LogP contribution is 2.34. The fourth-order valence-corrected chi connectivity index (χ4v) is 1.60. The van der Waals surface area contributed by atoms with E-state index in [1.165, 1.54) is 6.20 Å². The van der Waals surface area contributed by atoms with Gasteiger partial charge in [-0.15, -0.1) is 0 Å². The van der Waals surface area contributed by atoms with E-state index in [-0.39, 0.29) is 17.3 Å². The van der Waals surface area contributed by atoms with Crippen LogP contribution in [-0.2, 0) is 4.74 Å². The van der Waals surface area contributed by atoms with Crippen LogP contribution in [0.15, 0.2) is 18.3 Å². The van der Waals surface area contributed by atoms with Gasteiger partial charge in [0.2, 0.25) is 5.78 Å². The maximum absolute atomic E-state index is 11.5. The molecular formula is C9H5NO3. The Kier molecular flexibility index (Phi) is 1.08. The molecule has 1 aromatic heterocycles. The van der Waals surface area contributed by atoms with Crippen LogP contribution in [0.4, 0.5) is 0 Å². The van der Waals surface area contributed by atoms with Gasteiger partial charge in [0.15, 0.2) is 18.0 Å². The molecule has 0 radical (unpaired) electrons. The highest BCUT2D eigenvalue weighted by Gasteiger charge is 2.55. The summed E-state index contributed by atoms with van der Waals surface area (Å²) >= 11 is 0. The molecule has 1 aliphatic carbocycles. The smallest absolute Gasteiger partial charge is 0.213 e. The number of hydrogen-bond donors (Lipinski definition) is 0. The Morgan fingerprint density at radius 1 is 1.23 bits per heavy atom. The van der Waals surface area contributed by atoms with Crippen LogP contribution in [0.5, 0.6) is 0 Å². The van der Waals surface area contributed by atoms with Crippen LogP contribution in [-0.4, -0.2) is 28.8 Å². The molecular weight excluding hydrogens is 170 g/mol. The SMILES string of the molecule is O=C1c2cccnc2C(=O)C2OC12. The van der Waals surface area contributed by atoms with Gasteiger partial charge in [-0.05, 0) is 12.1 Å². The third kappa shape index (κ3) is 0.754. The van der Waals surface area contributed by atoms with E-state index in [1.54, 1.807) is 12.1 Å². The summed E-state index contributed by atoms with van der Waals surface area (Å²) in [5.41, 5.74) is 0.650. The molecule has 64 valence electrons. The van der Waals surface area contributed by atoms with Crippen molar-refractivity contribution in [1.29, 1.82) is 0 Å². The third-order valence-electron chi connectivity index (χ3n) is 2.31. The number of hydrogen-bond acceptors (Lipinski definition) is 4. The Bertz CT molecular complexity index is 388. The molecule has 0 amide bonds. The first kappa shape index (κ1) is 6.91. The first-order chi connectivity index (χ1) is 6.29. The van der Waals surface area contributed by atoms with Crippen molar-refractivity contribution in [2.75, 3.05) is 0 Å². The number of aromatic nitrogens is 1. The van der Waals surface area contributed by atoms with Gasteiger partial charge >= 0.3 is 0 Å². The molecule has 0 aromatic carbocycles. The summed E-state index contributed by atoms with van der Waals surface area (Å²) in [6.45, 7) is 0. The van der Waals surface area contributed by atoms with Gasteiger partial charge in [-0.1, -0.05) is 0 Å². The highest BCUT2D eigenvalue weighted by molar-refractivity contribution is 6.19. The van der Waals surface area contributed by atoms with Crippen molar-refractivity contribution in [1.82, 2.24) is 4.98 Å². The molecule has 1 saturated heterocycles. The summed E-state index contributed by atoms with van der Waals surface area (Å²) < 4.78 is 4.95. The van der Waals surface area contributed by atoms with E-state index in [0.717, 1.165) is 0 Å². The molecule has 4 nitrogen and oxygen atoms in total. The second-order valence-electron chi connectivity index (χ2n) is 3.11. The van der Waals surface area contributed by atoms with Crippen molar-refractivity contribution < 1.29 is 14.3 Å². The van der Waals surface area contributed by atoms with Crippen LogP contribution in [0.25, 0.3) is 0 Å². The predicted molar refractivity (Wildman–Crippen MR) is 41.6 cm³/mol. The Morgan fingerprint density at radius 2 is 2.00 bits per heavy atom. The van der Waals surface area contributed by atoms with E-state index in [1.807, 2.05) is 0 Å². The fraction of sp³-hybridized carbons (Fsp3) is 0.222. The molecule has 4 heteroatoms. The Morgan fingerprint density at radius 3 is 2.85 bits per heavy atom. The molecule has 1 fully saturated rings. The standard InChI is InChI=1S/C9H5NO3/c11-6-4-2-1-3-10-5(4)7(12)9-8(6)13-9/h1-3,8-9H. The molecule has 2 heterocycles. The van der Waals surface area contributed by atoms with Crippen molar-refractivity contribution in [2.45, 2.75) is 12.2 Å². The monoisotopic (exact) mass is 175 g/mol. The summed E-state index contributed by atoms with van der Waals surface area (Å²) in [5, 5.41) is 0. The summed E-state index contributed by atoms with van der Waals surface area (Å²) in [7, 11) is 0. The first-order valence-corrected chi connectivity index (χ1v) is 3.98. The number of epoxide rings is 1. The van der Waals surface area contributed by atoms with Crippen molar-refractivity contribution in [3.63, 3.8) is 0 Å². The zero-order valence-electron chi connectivity index (χ0n) is 6.56. The van der Waals surface area contributed by atoms with E-state index < -0.39 is 12.2 Å². The van der Waals surface area contributed by atoms with Gasteiger partial charge in [-0.3, -0.25) is 14.6 Å². The molecule has 0 saturated carbocycles. The van der Waals surface area contributed by atoms with Crippen LogP contribution < -0.4 is 0 Å². The van der Waals surface area contributed by atoms with Gasteiger partial charge in [-0.25, -0.2) is 0 Å². The predicted octanol–water partition coefficient (Wildman–Crippen LogP) is 0.228. The van der Waals surface area contributed by atoms with E-state index in [2.05, 4.69) is 4.98 Å². The molecule has 0 bridgehead atoms. The maximum Gasteiger partial charge on any atom is 0.213 e. The minimum Gasteiger partial charge on any atom is -0.352 e. The Labute approximate surface area is 73.5 Å². The van der Waals surface area contributed by atoms with E-state index in [4.69, 9.17) is 4.74 Å². The molecule has 1 aliphatic heterocycles. The number of ketones is 2. The molecule has 0 N–H and O–H groups in total. The Hall–Kier alpha value is -1.55. The quantitative estimate of drug-likeness (QED) is 0.529. The van der Waals surface area contributed by atoms with Gasteiger partial charge in [-0.2, -0.15) is 0 Å². The van der Waals surface area contributed by atoms with Crippen LogP contribution in [0, 0.1) is 0 Å². The minimum absolute atomic E-state index is 0.118. The maximum atomic E-state index is 11.5. The van der Waals surface area contributed by atoms with Crippen molar-refractivity contribution in [3.05, 3.63) is 29.6 Å². The molecule has 3 rings (SSSR count). The zero-order chi connectivity index (χ0) is 9.00. The molecule has 2 unspecified atom stereocenters. The van der Waals surface area contributed by atoms with E-state index in [0.29, 0.717) is 5.56 Å². The van der Waals surface area contributed by atoms with Crippen LogP contribution >= 0.6 is 0 Å². The number of ether oxygens (including phenoxy) is 1. The molecule has 2 atom stereocenters. The zero-order valence-corrected chi connectivity index (χ0v) is 6.56. The minimum atomic E-state index is -0.546. The lowest BCUT2D eigenvalue weighted by Crippen LogP contribution is -2.26. The van der Waals surface area contributed by atoms with Crippen molar-refractivity contribution >= 4 is 11.6 Å². The van der Waals surface area contributed by atoms with Crippen LogP contribution in [0.3, 0.4) is 0 Å². The highest BCUT2D eigenvalue weighted by atomic mass is 16.6. The van der Waals surface area contributed by atoms with Gasteiger partial charge in [0.1, 0.15) is 5.69 Å². The van der Waals surface area contributed by atoms with Gasteiger partial charge in [0, 0.05) is 11.8 Å². The van der Waals surface area contributed by atoms with Gasteiger partial charge in [0.05, 0.1) is 0 Å². The average Bonchev–Trinajstić information content (AvgIpc) is 2.94. The fourth-order valence-electron chi connectivity index (χ4n) is 1.60. The van der Waals surface area contributed by atoms with Crippen molar-refractivity contribution in [2.24, 2.45) is 0 Å². The number of pyridine rings is 1. The summed E-state index contributed by atoms with van der Waals surface area (Å²) in [6.07, 6.45) is 0.436. The lowest BCUT2D eigenvalue weighted by molar-refractivity contribution is 0.0918. The van der Waals surface area contributed by atoms with Crippen LogP contribution in [0.1, 0.15) is 20.8 Å². The number of carbonyl (C=O) groups is 2. The van der Waals surface area contributed by atoms with Crippen molar-refractivity contribution in [3.8, 4) is 0 Å². The molecule has 13 heavy (non-hydrogen) atoms. The number of nitrogens with zero attached hydrogens (tertiary/aromatic N) is 1. The summed E-state index contributed by atoms with van der Waals surface area (Å²) in [5.74, 6) is -0.284. The molecule has 0 spiro atoms. The second-order valence-corrected chi connectivity index (χ2v) is 3.11. The van der Waals surface area contributed by atoms with E-state index >= 15 is 0 Å². The third-order valence-corrected chi connectivity index (χ3v) is 2.31. The lowest BCUT2D eigenvalue weighted by atomic mass is 9.94. The Balaban J connectivity index is 2.26. The van der Waals surface area contributed by atoms with E-state index in [9.17, 15) is 9.59 Å². The molecule has 1 aromatic rings. The first-order valence-electron chi connectivity index (χ1n) is 3.98. The van der Waals surface area contributed by atoms with Gasteiger partial charge in [0.25, 0.3) is 0 Å². The number of fused-ring (bicyclic) bond motifs is 2. The summed E-state index contributed by atoms with van der Waals surface area (Å²) in [4.78, 5) is 26.8. The number of carbonyl (C=O) groups excluding carboxylic acids is 2. The average molecular weight is 175 g/mol. The normalized spacial score (nSPS) is 29.5.